The second-order valence-corrected chi connectivity index (χ2v) is 8.97. The van der Waals surface area contributed by atoms with E-state index in [1.165, 1.54) is 36.3 Å². The fourth-order valence-electron chi connectivity index (χ4n) is 3.63. The Morgan fingerprint density at radius 3 is 2.83 bits per heavy atom. The molecule has 1 saturated carbocycles. The number of aliphatic hydroxyl groups is 1. The van der Waals surface area contributed by atoms with Crippen LogP contribution in [0.3, 0.4) is 0 Å². The van der Waals surface area contributed by atoms with Crippen molar-refractivity contribution in [2.75, 3.05) is 31.1 Å². The Morgan fingerprint density at radius 2 is 2.10 bits per heavy atom. The van der Waals surface area contributed by atoms with Crippen LogP contribution < -0.4 is 15.4 Å². The van der Waals surface area contributed by atoms with Crippen molar-refractivity contribution in [1.82, 2.24) is 14.6 Å². The van der Waals surface area contributed by atoms with Gasteiger partial charge in [0.1, 0.15) is 11.6 Å². The van der Waals surface area contributed by atoms with E-state index in [-0.39, 0.29) is 12.4 Å². The quantitative estimate of drug-likeness (QED) is 0.641. The molecular weight excluding hydrogens is 393 g/mol. The summed E-state index contributed by atoms with van der Waals surface area (Å²) in [6.45, 7) is 2.29. The Labute approximate surface area is 171 Å². The second kappa shape index (κ2) is 7.23. The highest BCUT2D eigenvalue weighted by Crippen LogP contribution is 2.36. The molecule has 3 N–H and O–H groups in total. The fraction of sp³-hybridized carbons (Fsp3) is 0.500. The lowest BCUT2D eigenvalue weighted by Gasteiger charge is -2.37. The molecule has 9 heteroatoms. The summed E-state index contributed by atoms with van der Waals surface area (Å²) in [5, 5.41) is 16.0. The first-order valence-electron chi connectivity index (χ1n) is 9.99. The number of piperidine rings is 1. The number of aromatic nitrogens is 3. The molecule has 1 aliphatic heterocycles. The lowest BCUT2D eigenvalue weighted by atomic mass is 9.92. The number of halogens is 1. The Morgan fingerprint density at radius 1 is 1.31 bits per heavy atom. The smallest absolute Gasteiger partial charge is 0.214 e. The molecule has 154 valence electrons. The number of imidazole rings is 1. The average molecular weight is 418 g/mol. The summed E-state index contributed by atoms with van der Waals surface area (Å²) in [4.78, 5) is 7.43. The van der Waals surface area contributed by atoms with Crippen molar-refractivity contribution in [3.05, 3.63) is 30.2 Å². The van der Waals surface area contributed by atoms with Gasteiger partial charge >= 0.3 is 0 Å². The van der Waals surface area contributed by atoms with E-state index in [4.69, 9.17) is 15.6 Å². The molecule has 7 nitrogen and oxygen atoms in total. The summed E-state index contributed by atoms with van der Waals surface area (Å²) in [5.41, 5.74) is 6.48. The van der Waals surface area contributed by atoms with Crippen molar-refractivity contribution in [2.45, 2.75) is 31.3 Å². The van der Waals surface area contributed by atoms with Gasteiger partial charge in [0, 0.05) is 31.3 Å². The van der Waals surface area contributed by atoms with Crippen LogP contribution in [0.5, 0.6) is 5.75 Å². The van der Waals surface area contributed by atoms with Gasteiger partial charge in [-0.05, 0) is 43.7 Å². The molecule has 1 saturated heterocycles. The first-order valence-corrected chi connectivity index (χ1v) is 10.8. The highest BCUT2D eigenvalue weighted by molar-refractivity contribution is 7.20. The molecule has 29 heavy (non-hydrogen) atoms. The normalized spacial score (nSPS) is 19.1. The highest BCUT2D eigenvalue weighted by atomic mass is 32.1. The number of benzene rings is 1. The highest BCUT2D eigenvalue weighted by Gasteiger charge is 2.32. The Kier molecular flexibility index (Phi) is 4.68. The number of nitrogens with zero attached hydrogens (tertiary/aromatic N) is 4. The molecule has 0 amide bonds. The monoisotopic (exact) mass is 417 g/mol. The molecule has 0 radical (unpaired) electrons. The molecule has 5 rings (SSSR count). The van der Waals surface area contributed by atoms with Gasteiger partial charge in [0.05, 0.1) is 24.1 Å². The van der Waals surface area contributed by atoms with Crippen LogP contribution in [-0.4, -0.2) is 51.5 Å². The number of anilines is 1. The number of fused-ring (bicyclic) bond motifs is 1. The van der Waals surface area contributed by atoms with Gasteiger partial charge in [0.2, 0.25) is 10.1 Å². The average Bonchev–Trinajstić information content (AvgIpc) is 3.34. The van der Waals surface area contributed by atoms with Crippen LogP contribution in [0.1, 0.15) is 25.7 Å². The van der Waals surface area contributed by atoms with Gasteiger partial charge in [-0.25, -0.2) is 13.9 Å². The third-order valence-corrected chi connectivity index (χ3v) is 6.79. The molecule has 0 atom stereocenters. The van der Waals surface area contributed by atoms with Gasteiger partial charge in [-0.2, -0.15) is 0 Å². The van der Waals surface area contributed by atoms with E-state index >= 15 is 0 Å². The van der Waals surface area contributed by atoms with Crippen molar-refractivity contribution >= 4 is 21.4 Å². The lowest BCUT2D eigenvalue weighted by molar-refractivity contribution is 0.0249. The molecule has 2 fully saturated rings. The Hall–Kier alpha value is -2.23. The summed E-state index contributed by atoms with van der Waals surface area (Å²) >= 11 is 1.50. The predicted octanol–water partition coefficient (Wildman–Crippen LogP) is 2.68. The zero-order valence-electron chi connectivity index (χ0n) is 16.1. The summed E-state index contributed by atoms with van der Waals surface area (Å²) in [6.07, 6.45) is 5.34. The van der Waals surface area contributed by atoms with Gasteiger partial charge in [0.15, 0.2) is 0 Å². The Balaban J connectivity index is 1.43. The molecule has 0 spiro atoms. The van der Waals surface area contributed by atoms with Crippen molar-refractivity contribution in [3.63, 3.8) is 0 Å². The predicted molar refractivity (Wildman–Crippen MR) is 110 cm³/mol. The standard InChI is InChI=1S/C20H24FN5O2S/c21-14-3-4-15(17(9-14)28-11-13-1-2-13)16-10-23-18-26(16)24-19(29-18)25-7-5-20(27,12-22)6-8-25/h3-4,9-10,13,27H,1-2,5-8,11-12,22H2. The maximum absolute atomic E-state index is 13.8. The Bertz CT molecular complexity index is 1020. The molecule has 1 aromatic carbocycles. The van der Waals surface area contributed by atoms with E-state index < -0.39 is 5.60 Å². The van der Waals surface area contributed by atoms with Crippen LogP contribution in [0.2, 0.25) is 0 Å². The zero-order chi connectivity index (χ0) is 20.0. The lowest BCUT2D eigenvalue weighted by Crippen LogP contribution is -2.48. The second-order valence-electron chi connectivity index (χ2n) is 8.03. The van der Waals surface area contributed by atoms with Crippen molar-refractivity contribution in [1.29, 1.82) is 0 Å². The van der Waals surface area contributed by atoms with Crippen LogP contribution in [0, 0.1) is 11.7 Å². The summed E-state index contributed by atoms with van der Waals surface area (Å²) in [5.74, 6) is 0.785. The van der Waals surface area contributed by atoms with Crippen LogP contribution in [0.4, 0.5) is 9.52 Å². The van der Waals surface area contributed by atoms with Crippen LogP contribution in [0.25, 0.3) is 16.2 Å². The number of hydrogen-bond donors (Lipinski definition) is 2. The third kappa shape index (κ3) is 3.70. The van der Waals surface area contributed by atoms with Gasteiger partial charge in [0.25, 0.3) is 0 Å². The van der Waals surface area contributed by atoms with Gasteiger partial charge < -0.3 is 20.5 Å². The van der Waals surface area contributed by atoms with E-state index in [2.05, 4.69) is 9.88 Å². The molecular formula is C20H24FN5O2S. The minimum atomic E-state index is -0.777. The largest absolute Gasteiger partial charge is 0.492 e. The van der Waals surface area contributed by atoms with E-state index in [9.17, 15) is 9.50 Å². The van der Waals surface area contributed by atoms with E-state index in [1.54, 1.807) is 16.8 Å². The number of rotatable bonds is 6. The molecule has 2 aromatic heterocycles. The maximum atomic E-state index is 13.8. The molecule has 0 bridgehead atoms. The SMILES string of the molecule is NCC1(O)CCN(c2nn3c(-c4ccc(F)cc4OCC4CC4)cnc3s2)CC1. The van der Waals surface area contributed by atoms with Crippen molar-refractivity contribution < 1.29 is 14.2 Å². The van der Waals surface area contributed by atoms with Crippen LogP contribution in [-0.2, 0) is 0 Å². The maximum Gasteiger partial charge on any atom is 0.214 e. The van der Waals surface area contributed by atoms with E-state index in [0.29, 0.717) is 44.2 Å². The summed E-state index contributed by atoms with van der Waals surface area (Å²) < 4.78 is 21.5. The first-order chi connectivity index (χ1) is 14.0. The van der Waals surface area contributed by atoms with Gasteiger partial charge in [-0.15, -0.1) is 5.10 Å². The molecule has 3 heterocycles. The number of nitrogens with two attached hydrogens (primary N) is 1. The topological polar surface area (TPSA) is 88.9 Å². The first kappa shape index (κ1) is 18.8. The molecule has 1 aliphatic carbocycles. The fourth-order valence-corrected chi connectivity index (χ4v) is 4.56. The van der Waals surface area contributed by atoms with Crippen molar-refractivity contribution in [2.24, 2.45) is 11.7 Å². The van der Waals surface area contributed by atoms with Gasteiger partial charge in [-0.1, -0.05) is 11.3 Å². The van der Waals surface area contributed by atoms with E-state index in [1.807, 2.05) is 0 Å². The van der Waals surface area contributed by atoms with Crippen LogP contribution >= 0.6 is 11.3 Å². The van der Waals surface area contributed by atoms with E-state index in [0.717, 1.165) is 21.3 Å². The minimum Gasteiger partial charge on any atom is -0.492 e. The van der Waals surface area contributed by atoms with Crippen molar-refractivity contribution in [3.8, 4) is 17.0 Å². The number of hydrogen-bond acceptors (Lipinski definition) is 7. The van der Waals surface area contributed by atoms with Crippen LogP contribution in [0.15, 0.2) is 24.4 Å². The molecule has 2 aliphatic rings. The third-order valence-electron chi connectivity index (χ3n) is 5.81. The zero-order valence-corrected chi connectivity index (χ0v) is 16.9. The molecule has 3 aromatic rings. The minimum absolute atomic E-state index is 0.278. The van der Waals surface area contributed by atoms with Gasteiger partial charge in [-0.3, -0.25) is 0 Å². The summed E-state index contributed by atoms with van der Waals surface area (Å²) in [6, 6.07) is 4.59. The summed E-state index contributed by atoms with van der Waals surface area (Å²) in [7, 11) is 0. The molecule has 0 unspecified atom stereocenters. The number of ether oxygens (including phenoxy) is 1.